The number of nitrogens with zero attached hydrogens (tertiary/aromatic N) is 2. The van der Waals surface area contributed by atoms with Gasteiger partial charge in [0.05, 0.1) is 5.69 Å². The monoisotopic (exact) mass is 265 g/mol. The van der Waals surface area contributed by atoms with Crippen LogP contribution in [0.1, 0.15) is 25.5 Å². The summed E-state index contributed by atoms with van der Waals surface area (Å²) in [6.45, 7) is 4.72. The zero-order valence-electron chi connectivity index (χ0n) is 11.1. The summed E-state index contributed by atoms with van der Waals surface area (Å²) in [4.78, 5) is 4.26. The maximum Gasteiger partial charge on any atom is 0.207 e. The summed E-state index contributed by atoms with van der Waals surface area (Å²) < 4.78 is 29.1. The first-order valence-electron chi connectivity index (χ1n) is 6.36. The highest BCUT2D eigenvalue weighted by Gasteiger charge is 2.12. The number of para-hydroxylation sites is 1. The molecule has 0 saturated heterocycles. The Morgan fingerprint density at radius 3 is 2.58 bits per heavy atom. The predicted octanol–water partition coefficient (Wildman–Crippen LogP) is 4.01. The molecule has 0 unspecified atom stereocenters. The van der Waals surface area contributed by atoms with E-state index in [1.807, 2.05) is 17.7 Å². The molecule has 0 aliphatic heterocycles. The van der Waals surface area contributed by atoms with Crippen molar-refractivity contribution in [3.8, 4) is 0 Å². The standard InChI is InChI=1S/C14H17F2N3/c1-3-4-8-19-9-10(2)17-14(19)18-13-11(15)6-5-7-12(13)16/h5-7,9H,3-4,8H2,1-2H3,(H,17,18). The van der Waals surface area contributed by atoms with Gasteiger partial charge >= 0.3 is 0 Å². The third kappa shape index (κ3) is 3.10. The Labute approximate surface area is 111 Å². The zero-order chi connectivity index (χ0) is 13.8. The molecule has 1 aromatic heterocycles. The van der Waals surface area contributed by atoms with Gasteiger partial charge in [-0.1, -0.05) is 19.4 Å². The maximum absolute atomic E-state index is 13.6. The number of hydrogen-bond donors (Lipinski definition) is 1. The van der Waals surface area contributed by atoms with Gasteiger partial charge < -0.3 is 9.88 Å². The lowest BCUT2D eigenvalue weighted by molar-refractivity contribution is 0.588. The van der Waals surface area contributed by atoms with Crippen LogP contribution >= 0.6 is 0 Å². The molecule has 102 valence electrons. The van der Waals surface area contributed by atoms with Crippen molar-refractivity contribution in [1.29, 1.82) is 0 Å². The number of anilines is 2. The van der Waals surface area contributed by atoms with Crippen molar-refractivity contribution < 1.29 is 8.78 Å². The van der Waals surface area contributed by atoms with E-state index in [4.69, 9.17) is 0 Å². The number of rotatable bonds is 5. The quantitative estimate of drug-likeness (QED) is 0.885. The molecule has 5 heteroatoms. The van der Waals surface area contributed by atoms with Crippen LogP contribution in [0.5, 0.6) is 0 Å². The molecule has 0 radical (unpaired) electrons. The molecule has 0 aliphatic rings. The smallest absolute Gasteiger partial charge is 0.207 e. The van der Waals surface area contributed by atoms with Gasteiger partial charge in [0, 0.05) is 12.7 Å². The topological polar surface area (TPSA) is 29.9 Å². The minimum Gasteiger partial charge on any atom is -0.321 e. The van der Waals surface area contributed by atoms with E-state index in [1.54, 1.807) is 0 Å². The Kier molecular flexibility index (Phi) is 4.14. The minimum absolute atomic E-state index is 0.161. The first kappa shape index (κ1) is 13.5. The van der Waals surface area contributed by atoms with Gasteiger partial charge in [-0.25, -0.2) is 13.8 Å². The van der Waals surface area contributed by atoms with Crippen LogP contribution in [0.25, 0.3) is 0 Å². The number of imidazole rings is 1. The molecular formula is C14H17F2N3. The van der Waals surface area contributed by atoms with Gasteiger partial charge in [-0.3, -0.25) is 0 Å². The number of aryl methyl sites for hydroxylation is 2. The zero-order valence-corrected chi connectivity index (χ0v) is 11.1. The number of nitrogens with one attached hydrogen (secondary N) is 1. The maximum atomic E-state index is 13.6. The van der Waals surface area contributed by atoms with E-state index in [2.05, 4.69) is 17.2 Å². The average molecular weight is 265 g/mol. The largest absolute Gasteiger partial charge is 0.321 e. The third-order valence-electron chi connectivity index (χ3n) is 2.85. The van der Waals surface area contributed by atoms with Crippen LogP contribution in [0.4, 0.5) is 20.4 Å². The van der Waals surface area contributed by atoms with Crippen LogP contribution in [0.2, 0.25) is 0 Å². The molecule has 0 atom stereocenters. The summed E-state index contributed by atoms with van der Waals surface area (Å²) in [5.74, 6) is -0.777. The fraction of sp³-hybridized carbons (Fsp3) is 0.357. The number of aromatic nitrogens is 2. The van der Waals surface area contributed by atoms with Crippen LogP contribution in [0.15, 0.2) is 24.4 Å². The van der Waals surface area contributed by atoms with Crippen LogP contribution < -0.4 is 5.32 Å². The molecule has 0 spiro atoms. The Morgan fingerprint density at radius 1 is 1.26 bits per heavy atom. The number of hydrogen-bond acceptors (Lipinski definition) is 2. The molecule has 2 aromatic rings. The predicted molar refractivity (Wildman–Crippen MR) is 71.5 cm³/mol. The van der Waals surface area contributed by atoms with Crippen molar-refractivity contribution in [2.75, 3.05) is 5.32 Å². The van der Waals surface area contributed by atoms with Gasteiger partial charge in [0.25, 0.3) is 0 Å². The van der Waals surface area contributed by atoms with Crippen LogP contribution in [0, 0.1) is 18.6 Å². The molecule has 0 saturated carbocycles. The highest BCUT2D eigenvalue weighted by molar-refractivity contribution is 5.55. The third-order valence-corrected chi connectivity index (χ3v) is 2.85. The first-order valence-corrected chi connectivity index (χ1v) is 6.36. The second kappa shape index (κ2) is 5.82. The molecule has 1 aromatic carbocycles. The second-order valence-electron chi connectivity index (χ2n) is 4.47. The first-order chi connectivity index (χ1) is 9.11. The van der Waals surface area contributed by atoms with E-state index in [0.717, 1.165) is 25.1 Å². The lowest BCUT2D eigenvalue weighted by Crippen LogP contribution is -2.05. The van der Waals surface area contributed by atoms with E-state index in [1.165, 1.54) is 18.2 Å². The summed E-state index contributed by atoms with van der Waals surface area (Å²) in [6.07, 6.45) is 3.91. The van der Waals surface area contributed by atoms with Crippen molar-refractivity contribution in [2.45, 2.75) is 33.2 Å². The van der Waals surface area contributed by atoms with Crippen molar-refractivity contribution in [2.24, 2.45) is 0 Å². The Morgan fingerprint density at radius 2 is 1.95 bits per heavy atom. The fourth-order valence-corrected chi connectivity index (χ4v) is 1.87. The molecule has 1 heterocycles. The Bertz CT molecular complexity index is 544. The van der Waals surface area contributed by atoms with Gasteiger partial charge in [-0.05, 0) is 25.5 Å². The lowest BCUT2D eigenvalue weighted by atomic mass is 10.3. The molecule has 0 bridgehead atoms. The van der Waals surface area contributed by atoms with E-state index < -0.39 is 11.6 Å². The van der Waals surface area contributed by atoms with Gasteiger partial charge in [-0.15, -0.1) is 0 Å². The van der Waals surface area contributed by atoms with Gasteiger partial charge in [0.2, 0.25) is 5.95 Å². The van der Waals surface area contributed by atoms with Crippen LogP contribution in [0.3, 0.4) is 0 Å². The van der Waals surface area contributed by atoms with E-state index in [-0.39, 0.29) is 5.69 Å². The highest BCUT2D eigenvalue weighted by atomic mass is 19.1. The second-order valence-corrected chi connectivity index (χ2v) is 4.47. The lowest BCUT2D eigenvalue weighted by Gasteiger charge is -2.10. The van der Waals surface area contributed by atoms with Crippen molar-refractivity contribution in [3.05, 3.63) is 41.7 Å². The van der Waals surface area contributed by atoms with E-state index >= 15 is 0 Å². The molecule has 19 heavy (non-hydrogen) atoms. The van der Waals surface area contributed by atoms with Crippen LogP contribution in [-0.4, -0.2) is 9.55 Å². The van der Waals surface area contributed by atoms with Gasteiger partial charge in [0.1, 0.15) is 17.3 Å². The summed E-state index contributed by atoms with van der Waals surface area (Å²) in [5.41, 5.74) is 0.654. The van der Waals surface area contributed by atoms with Crippen molar-refractivity contribution >= 4 is 11.6 Å². The molecule has 1 N–H and O–H groups in total. The van der Waals surface area contributed by atoms with Crippen molar-refractivity contribution in [3.63, 3.8) is 0 Å². The van der Waals surface area contributed by atoms with Crippen molar-refractivity contribution in [1.82, 2.24) is 9.55 Å². The number of benzene rings is 1. The molecule has 2 rings (SSSR count). The van der Waals surface area contributed by atoms with Gasteiger partial charge in [-0.2, -0.15) is 0 Å². The van der Waals surface area contributed by atoms with Gasteiger partial charge in [0.15, 0.2) is 0 Å². The minimum atomic E-state index is -0.623. The van der Waals surface area contributed by atoms with E-state index in [9.17, 15) is 8.78 Å². The number of halogens is 2. The SMILES string of the molecule is CCCCn1cc(C)nc1Nc1c(F)cccc1F. The van der Waals surface area contributed by atoms with Crippen LogP contribution in [-0.2, 0) is 6.54 Å². The normalized spacial score (nSPS) is 10.7. The highest BCUT2D eigenvalue weighted by Crippen LogP contribution is 2.23. The summed E-state index contributed by atoms with van der Waals surface area (Å²) in [6, 6.07) is 3.78. The summed E-state index contributed by atoms with van der Waals surface area (Å²) in [5, 5.41) is 2.74. The number of unbranched alkanes of at least 4 members (excludes halogenated alkanes) is 1. The van der Waals surface area contributed by atoms with E-state index in [0.29, 0.717) is 5.95 Å². The summed E-state index contributed by atoms with van der Waals surface area (Å²) >= 11 is 0. The molecule has 0 aliphatic carbocycles. The summed E-state index contributed by atoms with van der Waals surface area (Å²) in [7, 11) is 0. The molecular weight excluding hydrogens is 248 g/mol. The molecule has 0 fully saturated rings. The average Bonchev–Trinajstić information content (AvgIpc) is 2.72. The Balaban J connectivity index is 2.27. The fourth-order valence-electron chi connectivity index (χ4n) is 1.87. The Hall–Kier alpha value is -1.91. The molecule has 3 nitrogen and oxygen atoms in total. The molecule has 0 amide bonds.